The number of hydrogen-bond acceptors (Lipinski definition) is 3. The summed E-state index contributed by atoms with van der Waals surface area (Å²) in [6.07, 6.45) is 1.93. The van der Waals surface area contributed by atoms with Crippen LogP contribution in [0.1, 0.15) is 19.0 Å². The van der Waals surface area contributed by atoms with Crippen LogP contribution in [0.2, 0.25) is 0 Å². The molecule has 4 nitrogen and oxygen atoms in total. The average Bonchev–Trinajstić information content (AvgIpc) is 2.14. The number of aryl methyl sites for hydroxylation is 1. The van der Waals surface area contributed by atoms with Gasteiger partial charge in [-0.15, -0.1) is 0 Å². The van der Waals surface area contributed by atoms with E-state index in [1.165, 1.54) is 0 Å². The third kappa shape index (κ3) is 4.44. The van der Waals surface area contributed by atoms with Crippen LogP contribution >= 0.6 is 0 Å². The predicted molar refractivity (Wildman–Crippen MR) is 58.9 cm³/mol. The first-order valence-electron chi connectivity index (χ1n) is 4.96. The first kappa shape index (κ1) is 11.5. The van der Waals surface area contributed by atoms with E-state index < -0.39 is 5.97 Å². The van der Waals surface area contributed by atoms with Crippen molar-refractivity contribution in [2.24, 2.45) is 5.92 Å². The lowest BCUT2D eigenvalue weighted by molar-refractivity contribution is -0.137. The molecule has 0 radical (unpaired) electrons. The van der Waals surface area contributed by atoms with E-state index in [9.17, 15) is 4.79 Å². The van der Waals surface area contributed by atoms with Gasteiger partial charge in [0, 0.05) is 30.5 Å². The van der Waals surface area contributed by atoms with E-state index in [1.54, 1.807) is 6.20 Å². The van der Waals surface area contributed by atoms with Gasteiger partial charge in [-0.25, -0.2) is 0 Å². The molecular weight excluding hydrogens is 192 g/mol. The fourth-order valence-corrected chi connectivity index (χ4v) is 1.32. The number of rotatable bonds is 5. The molecule has 1 aromatic heterocycles. The Kier molecular flexibility index (Phi) is 4.09. The van der Waals surface area contributed by atoms with Gasteiger partial charge in [0.05, 0.1) is 0 Å². The van der Waals surface area contributed by atoms with Gasteiger partial charge in [0.15, 0.2) is 0 Å². The first-order chi connectivity index (χ1) is 7.08. The van der Waals surface area contributed by atoms with Crippen molar-refractivity contribution < 1.29 is 9.90 Å². The van der Waals surface area contributed by atoms with Crippen LogP contribution in [-0.4, -0.2) is 22.6 Å². The van der Waals surface area contributed by atoms with E-state index >= 15 is 0 Å². The zero-order valence-electron chi connectivity index (χ0n) is 9.03. The molecule has 0 aliphatic heterocycles. The van der Waals surface area contributed by atoms with Crippen LogP contribution in [0.15, 0.2) is 18.3 Å². The van der Waals surface area contributed by atoms with Crippen molar-refractivity contribution in [2.45, 2.75) is 20.3 Å². The number of pyridine rings is 1. The number of carboxylic acids is 1. The largest absolute Gasteiger partial charge is 0.481 e. The molecule has 1 rings (SSSR count). The van der Waals surface area contributed by atoms with Crippen molar-refractivity contribution >= 4 is 11.7 Å². The standard InChI is InChI=1S/C11H16N2O2/c1-8(5-11(14)15)7-13-10-3-4-12-9(2)6-10/h3-4,6,8H,5,7H2,1-2H3,(H,12,13)(H,14,15). The van der Waals surface area contributed by atoms with Crippen molar-refractivity contribution in [3.8, 4) is 0 Å². The second-order valence-electron chi connectivity index (χ2n) is 3.77. The topological polar surface area (TPSA) is 62.2 Å². The summed E-state index contributed by atoms with van der Waals surface area (Å²) in [5.41, 5.74) is 1.94. The first-order valence-corrected chi connectivity index (χ1v) is 4.96. The molecule has 4 heteroatoms. The molecule has 0 fully saturated rings. The highest BCUT2D eigenvalue weighted by Gasteiger charge is 2.06. The number of carbonyl (C=O) groups is 1. The number of aliphatic carboxylic acids is 1. The lowest BCUT2D eigenvalue weighted by Gasteiger charge is -2.11. The van der Waals surface area contributed by atoms with E-state index in [1.807, 2.05) is 26.0 Å². The van der Waals surface area contributed by atoms with Crippen LogP contribution in [0.3, 0.4) is 0 Å². The minimum Gasteiger partial charge on any atom is -0.481 e. The third-order valence-corrected chi connectivity index (χ3v) is 2.07. The van der Waals surface area contributed by atoms with Gasteiger partial charge in [-0.1, -0.05) is 6.92 Å². The summed E-state index contributed by atoms with van der Waals surface area (Å²) in [4.78, 5) is 14.5. The molecule has 0 spiro atoms. The summed E-state index contributed by atoms with van der Waals surface area (Å²) >= 11 is 0. The Morgan fingerprint density at radius 1 is 1.67 bits per heavy atom. The van der Waals surface area contributed by atoms with Gasteiger partial charge < -0.3 is 10.4 Å². The number of hydrogen-bond donors (Lipinski definition) is 2. The van der Waals surface area contributed by atoms with E-state index in [-0.39, 0.29) is 12.3 Å². The van der Waals surface area contributed by atoms with Crippen LogP contribution in [0.25, 0.3) is 0 Å². The second-order valence-corrected chi connectivity index (χ2v) is 3.77. The molecule has 15 heavy (non-hydrogen) atoms. The van der Waals surface area contributed by atoms with Crippen LogP contribution in [0.5, 0.6) is 0 Å². The molecule has 0 bridgehead atoms. The number of nitrogens with zero attached hydrogens (tertiary/aromatic N) is 1. The third-order valence-electron chi connectivity index (χ3n) is 2.07. The van der Waals surface area contributed by atoms with E-state index in [0.29, 0.717) is 6.54 Å². The molecule has 0 saturated carbocycles. The summed E-state index contributed by atoms with van der Waals surface area (Å²) in [5, 5.41) is 11.8. The van der Waals surface area contributed by atoms with Gasteiger partial charge in [-0.2, -0.15) is 0 Å². The summed E-state index contributed by atoms with van der Waals surface area (Å²) in [5.74, 6) is -0.633. The number of aromatic nitrogens is 1. The maximum absolute atomic E-state index is 10.4. The van der Waals surface area contributed by atoms with Gasteiger partial charge in [0.1, 0.15) is 0 Å². The number of nitrogens with one attached hydrogen (secondary N) is 1. The smallest absolute Gasteiger partial charge is 0.303 e. The van der Waals surface area contributed by atoms with Crippen LogP contribution < -0.4 is 5.32 Å². The Bertz CT molecular complexity index is 339. The summed E-state index contributed by atoms with van der Waals surface area (Å²) < 4.78 is 0. The molecule has 2 N–H and O–H groups in total. The fourth-order valence-electron chi connectivity index (χ4n) is 1.32. The Labute approximate surface area is 89.3 Å². The molecule has 0 amide bonds. The Morgan fingerprint density at radius 3 is 3.00 bits per heavy atom. The number of carboxylic acid groups (broad SMARTS) is 1. The Morgan fingerprint density at radius 2 is 2.40 bits per heavy atom. The quantitative estimate of drug-likeness (QED) is 0.776. The van der Waals surface area contributed by atoms with E-state index in [2.05, 4.69) is 10.3 Å². The molecule has 0 aliphatic carbocycles. The maximum Gasteiger partial charge on any atom is 0.303 e. The molecular formula is C11H16N2O2. The van der Waals surface area contributed by atoms with Crippen molar-refractivity contribution in [3.63, 3.8) is 0 Å². The molecule has 1 unspecified atom stereocenters. The van der Waals surface area contributed by atoms with Crippen molar-refractivity contribution in [2.75, 3.05) is 11.9 Å². The summed E-state index contributed by atoms with van der Waals surface area (Å²) in [7, 11) is 0. The van der Waals surface area contributed by atoms with E-state index in [4.69, 9.17) is 5.11 Å². The van der Waals surface area contributed by atoms with Crippen molar-refractivity contribution in [1.29, 1.82) is 0 Å². The lowest BCUT2D eigenvalue weighted by Crippen LogP contribution is -2.14. The highest BCUT2D eigenvalue weighted by atomic mass is 16.4. The maximum atomic E-state index is 10.4. The minimum atomic E-state index is -0.754. The monoisotopic (exact) mass is 208 g/mol. The number of anilines is 1. The van der Waals surface area contributed by atoms with Crippen LogP contribution in [0, 0.1) is 12.8 Å². The molecule has 82 valence electrons. The lowest BCUT2D eigenvalue weighted by atomic mass is 10.1. The molecule has 1 atom stereocenters. The minimum absolute atomic E-state index is 0.121. The average molecular weight is 208 g/mol. The molecule has 0 aliphatic rings. The van der Waals surface area contributed by atoms with Gasteiger partial charge in [0.2, 0.25) is 0 Å². The Balaban J connectivity index is 2.40. The van der Waals surface area contributed by atoms with Gasteiger partial charge in [0.25, 0.3) is 0 Å². The van der Waals surface area contributed by atoms with Crippen LogP contribution in [-0.2, 0) is 4.79 Å². The fraction of sp³-hybridized carbons (Fsp3) is 0.455. The van der Waals surface area contributed by atoms with Crippen molar-refractivity contribution in [1.82, 2.24) is 4.98 Å². The SMILES string of the molecule is Cc1cc(NCC(C)CC(=O)O)ccn1. The summed E-state index contributed by atoms with van der Waals surface area (Å²) in [6, 6.07) is 3.81. The van der Waals surface area contributed by atoms with Gasteiger partial charge >= 0.3 is 5.97 Å². The van der Waals surface area contributed by atoms with Crippen LogP contribution in [0.4, 0.5) is 5.69 Å². The van der Waals surface area contributed by atoms with E-state index in [0.717, 1.165) is 11.4 Å². The Hall–Kier alpha value is -1.58. The second kappa shape index (κ2) is 5.34. The van der Waals surface area contributed by atoms with Gasteiger partial charge in [-0.3, -0.25) is 9.78 Å². The van der Waals surface area contributed by atoms with Crippen molar-refractivity contribution in [3.05, 3.63) is 24.0 Å². The molecule has 0 aromatic carbocycles. The highest BCUT2D eigenvalue weighted by Crippen LogP contribution is 2.09. The molecule has 0 saturated heterocycles. The zero-order valence-corrected chi connectivity index (χ0v) is 9.03. The normalized spacial score (nSPS) is 12.1. The molecule has 1 aromatic rings. The summed E-state index contributed by atoms with van der Waals surface area (Å²) in [6.45, 7) is 4.50. The van der Waals surface area contributed by atoms with Gasteiger partial charge in [-0.05, 0) is 25.0 Å². The molecule has 1 heterocycles. The highest BCUT2D eigenvalue weighted by molar-refractivity contribution is 5.67. The predicted octanol–water partition coefficient (Wildman–Crippen LogP) is 1.91. The zero-order chi connectivity index (χ0) is 11.3.